The van der Waals surface area contributed by atoms with Crippen molar-refractivity contribution < 1.29 is 19.2 Å². The second kappa shape index (κ2) is 3.84. The van der Waals surface area contributed by atoms with Crippen LogP contribution < -0.4 is 0 Å². The lowest BCUT2D eigenvalue weighted by Gasteiger charge is -2.41. The Kier molecular flexibility index (Phi) is 2.65. The van der Waals surface area contributed by atoms with E-state index >= 15 is 0 Å². The minimum Gasteiger partial charge on any atom is -0.346 e. The van der Waals surface area contributed by atoms with Crippen LogP contribution in [0.3, 0.4) is 0 Å². The minimum absolute atomic E-state index is 0.317. The Morgan fingerprint density at radius 1 is 1.05 bits per heavy atom. The number of rotatable bonds is 0. The summed E-state index contributed by atoms with van der Waals surface area (Å²) in [5, 5.41) is 3.75. The van der Waals surface area contributed by atoms with Crippen LogP contribution in [0.1, 0.15) is 0 Å². The molecule has 0 aromatic rings. The van der Waals surface area contributed by atoms with Crippen molar-refractivity contribution >= 4 is 23.8 Å². The fraction of sp³-hybridized carbons (Fsp3) is 0.600. The van der Waals surface area contributed by atoms with E-state index in [0.717, 1.165) is 9.80 Å². The molecule has 2 aliphatic heterocycles. The van der Waals surface area contributed by atoms with E-state index < -0.39 is 23.6 Å². The van der Waals surface area contributed by atoms with Crippen LogP contribution in [0.4, 0.5) is 4.79 Å². The molecule has 0 saturated carbocycles. The Morgan fingerprint density at radius 2 is 1.53 bits per heavy atom. The van der Waals surface area contributed by atoms with E-state index in [9.17, 15) is 14.4 Å². The van der Waals surface area contributed by atoms with Gasteiger partial charge in [-0.05, 0) is 5.16 Å². The minimum atomic E-state index is -1.93. The second-order valence-corrected chi connectivity index (χ2v) is 4.59. The first kappa shape index (κ1) is 13.1. The number of imide groups is 2. The topological polar surface area (TPSA) is 85.8 Å². The zero-order valence-corrected chi connectivity index (χ0v) is 11.4. The third-order valence-electron chi connectivity index (χ3n) is 3.19. The molecular weight excluding hydrogens is 254 g/mol. The largest absolute Gasteiger partial charge is 0.370 e. The van der Waals surface area contributed by atoms with E-state index in [1.165, 1.54) is 26.0 Å². The Morgan fingerprint density at radius 3 is 1.89 bits per heavy atom. The van der Waals surface area contributed by atoms with Crippen LogP contribution in [0, 0.1) is 0 Å². The smallest absolute Gasteiger partial charge is 0.346 e. The highest BCUT2D eigenvalue weighted by Crippen LogP contribution is 2.31. The van der Waals surface area contributed by atoms with Gasteiger partial charge in [-0.1, -0.05) is 0 Å². The molecule has 2 heterocycles. The van der Waals surface area contributed by atoms with E-state index in [1.807, 2.05) is 0 Å². The molecule has 0 aliphatic carbocycles. The second-order valence-electron chi connectivity index (χ2n) is 4.59. The van der Waals surface area contributed by atoms with Gasteiger partial charge in [-0.2, -0.15) is 0 Å². The summed E-state index contributed by atoms with van der Waals surface area (Å²) in [6.45, 7) is 0. The Balaban J connectivity index is 2.47. The highest BCUT2D eigenvalue weighted by Gasteiger charge is 2.65. The van der Waals surface area contributed by atoms with Crippen LogP contribution in [0.5, 0.6) is 0 Å². The molecule has 1 saturated heterocycles. The average Bonchev–Trinajstić information content (AvgIpc) is 2.71. The zero-order chi connectivity index (χ0) is 14.5. The van der Waals surface area contributed by atoms with Crippen LogP contribution in [-0.4, -0.2) is 84.4 Å². The number of hydrogen-bond donors (Lipinski definition) is 0. The van der Waals surface area contributed by atoms with Crippen molar-refractivity contribution in [2.45, 2.75) is 5.72 Å². The third-order valence-corrected chi connectivity index (χ3v) is 3.19. The van der Waals surface area contributed by atoms with Crippen molar-refractivity contribution in [3.63, 3.8) is 0 Å². The van der Waals surface area contributed by atoms with E-state index in [0.29, 0.717) is 5.96 Å². The average molecular weight is 269 g/mol. The van der Waals surface area contributed by atoms with E-state index in [2.05, 4.69) is 5.16 Å². The third kappa shape index (κ3) is 1.41. The van der Waals surface area contributed by atoms with Crippen molar-refractivity contribution in [3.8, 4) is 0 Å². The number of likely N-dealkylation sites (N-methyl/N-ethyl adjacent to an activating group) is 3. The van der Waals surface area contributed by atoms with Crippen molar-refractivity contribution in [1.82, 2.24) is 19.6 Å². The lowest BCUT2D eigenvalue weighted by molar-refractivity contribution is -0.186. The number of hydrogen-bond acceptors (Lipinski definition) is 7. The van der Waals surface area contributed by atoms with Gasteiger partial charge in [0.15, 0.2) is 0 Å². The number of carbonyl (C=O) groups is 3. The zero-order valence-electron chi connectivity index (χ0n) is 11.4. The highest BCUT2D eigenvalue weighted by molar-refractivity contribution is 6.22. The van der Waals surface area contributed by atoms with Gasteiger partial charge in [0.1, 0.15) is 0 Å². The summed E-state index contributed by atoms with van der Waals surface area (Å²) in [5.74, 6) is -1.20. The quantitative estimate of drug-likeness (QED) is 0.499. The summed E-state index contributed by atoms with van der Waals surface area (Å²) in [4.78, 5) is 46.0. The van der Waals surface area contributed by atoms with Gasteiger partial charge in [-0.3, -0.25) is 24.3 Å². The molecule has 2 aliphatic rings. The molecule has 4 amide bonds. The summed E-state index contributed by atoms with van der Waals surface area (Å²) in [6.07, 6.45) is 0. The predicted octanol–water partition coefficient (Wildman–Crippen LogP) is -1.47. The number of barbiturate groups is 1. The predicted molar refractivity (Wildman–Crippen MR) is 63.6 cm³/mol. The SMILES string of the molecule is CN(C)C1=NOC2(C(=O)N(C)C(=O)N(C)C2=O)N1C. The van der Waals surface area contributed by atoms with Gasteiger partial charge in [0.05, 0.1) is 0 Å². The number of carbonyl (C=O) groups excluding carboxylic acids is 3. The molecule has 0 aromatic carbocycles. The van der Waals surface area contributed by atoms with Crippen LogP contribution in [0.25, 0.3) is 0 Å². The molecule has 0 unspecified atom stereocenters. The monoisotopic (exact) mass is 269 g/mol. The van der Waals surface area contributed by atoms with Gasteiger partial charge >= 0.3 is 23.6 Å². The molecule has 19 heavy (non-hydrogen) atoms. The molecule has 0 bridgehead atoms. The highest BCUT2D eigenvalue weighted by atomic mass is 16.7. The maximum atomic E-state index is 12.3. The molecule has 9 nitrogen and oxygen atoms in total. The van der Waals surface area contributed by atoms with Crippen LogP contribution in [-0.2, 0) is 14.4 Å². The van der Waals surface area contributed by atoms with Crippen molar-refractivity contribution in [2.75, 3.05) is 35.2 Å². The number of guanidine groups is 1. The fourth-order valence-corrected chi connectivity index (χ4v) is 2.06. The molecule has 104 valence electrons. The first-order valence-electron chi connectivity index (χ1n) is 5.52. The van der Waals surface area contributed by atoms with Gasteiger partial charge < -0.3 is 9.74 Å². The van der Waals surface area contributed by atoms with Crippen molar-refractivity contribution in [2.24, 2.45) is 5.16 Å². The van der Waals surface area contributed by atoms with Gasteiger partial charge in [0.25, 0.3) is 0 Å². The fourth-order valence-electron chi connectivity index (χ4n) is 2.06. The van der Waals surface area contributed by atoms with Crippen molar-refractivity contribution in [3.05, 3.63) is 0 Å². The Hall–Kier alpha value is -2.32. The summed E-state index contributed by atoms with van der Waals surface area (Å²) < 4.78 is 0. The maximum Gasteiger partial charge on any atom is 0.370 e. The maximum absolute atomic E-state index is 12.3. The first-order valence-corrected chi connectivity index (χ1v) is 5.52. The summed E-state index contributed by atoms with van der Waals surface area (Å²) in [5.41, 5.74) is -1.93. The summed E-state index contributed by atoms with van der Waals surface area (Å²) in [6, 6.07) is -0.698. The number of nitrogens with zero attached hydrogens (tertiary/aromatic N) is 5. The summed E-state index contributed by atoms with van der Waals surface area (Å²) >= 11 is 0. The molecule has 9 heteroatoms. The molecule has 0 radical (unpaired) electrons. The van der Waals surface area contributed by atoms with Crippen LogP contribution in [0.15, 0.2) is 5.16 Å². The number of urea groups is 1. The van der Waals surface area contributed by atoms with Gasteiger partial charge in [0.2, 0.25) is 5.96 Å². The normalized spacial score (nSPS) is 22.1. The lowest BCUT2D eigenvalue weighted by Crippen LogP contribution is -2.72. The van der Waals surface area contributed by atoms with Gasteiger partial charge in [-0.15, -0.1) is 0 Å². The molecule has 1 spiro atoms. The molecule has 0 N–H and O–H groups in total. The Bertz CT molecular complexity index is 476. The molecule has 0 atom stereocenters. The lowest BCUT2D eigenvalue weighted by atomic mass is 10.1. The molecular formula is C10H15N5O4. The summed E-state index contributed by atoms with van der Waals surface area (Å²) in [7, 11) is 7.50. The molecule has 2 rings (SSSR count). The van der Waals surface area contributed by atoms with Gasteiger partial charge in [-0.25, -0.2) is 4.79 Å². The van der Waals surface area contributed by atoms with Crippen molar-refractivity contribution in [1.29, 1.82) is 0 Å². The first-order chi connectivity index (χ1) is 8.75. The molecule has 1 fully saturated rings. The van der Waals surface area contributed by atoms with E-state index in [1.54, 1.807) is 19.0 Å². The van der Waals surface area contributed by atoms with E-state index in [-0.39, 0.29) is 0 Å². The number of amides is 4. The molecule has 0 aromatic heterocycles. The number of oxime groups is 1. The van der Waals surface area contributed by atoms with Gasteiger partial charge in [0, 0.05) is 35.2 Å². The standard InChI is InChI=1S/C10H15N5O4/c1-12(2)8-11-19-10(15(8)5)6(16)13(3)9(18)14(4)7(10)17/h1-5H3. The van der Waals surface area contributed by atoms with Crippen LogP contribution >= 0.6 is 0 Å². The van der Waals surface area contributed by atoms with Crippen LogP contribution in [0.2, 0.25) is 0 Å². The van der Waals surface area contributed by atoms with E-state index in [4.69, 9.17) is 4.84 Å². The Labute approximate surface area is 109 Å².